The first-order valence-electron chi connectivity index (χ1n) is 8.72. The zero-order valence-electron chi connectivity index (χ0n) is 15.4. The van der Waals surface area contributed by atoms with Gasteiger partial charge in [-0.15, -0.1) is 24.0 Å². The highest BCUT2D eigenvalue weighted by atomic mass is 127. The Hall–Kier alpha value is -1.57. The topological polar surface area (TPSA) is 54.2 Å². The summed E-state index contributed by atoms with van der Waals surface area (Å²) in [4.78, 5) is 4.26. The van der Waals surface area contributed by atoms with E-state index in [0.717, 1.165) is 37.1 Å². The van der Waals surface area contributed by atoms with Crippen LogP contribution in [0.5, 0.6) is 0 Å². The van der Waals surface area contributed by atoms with Gasteiger partial charge in [-0.1, -0.05) is 32.0 Å². The number of hydrogen-bond acceptors (Lipinski definition) is 2. The van der Waals surface area contributed by atoms with E-state index in [1.54, 1.807) is 0 Å². The highest BCUT2D eigenvalue weighted by Gasteiger charge is 2.02. The van der Waals surface area contributed by atoms with Crippen LogP contribution in [0.25, 0.3) is 5.69 Å². The van der Waals surface area contributed by atoms with Gasteiger partial charge in [0.05, 0.1) is 11.9 Å². The van der Waals surface area contributed by atoms with Gasteiger partial charge in [0.2, 0.25) is 0 Å². The van der Waals surface area contributed by atoms with Crippen molar-refractivity contribution in [2.24, 2.45) is 10.9 Å². The number of hydrogen-bond donors (Lipinski definition) is 2. The molecule has 0 aliphatic heterocycles. The molecule has 6 heteroatoms. The molecule has 1 aromatic carbocycles. The molecule has 138 valence electrons. The van der Waals surface area contributed by atoms with Crippen LogP contribution in [0.15, 0.2) is 47.7 Å². The van der Waals surface area contributed by atoms with E-state index in [9.17, 15) is 0 Å². The molecular weight excluding hydrogens is 425 g/mol. The second-order valence-corrected chi connectivity index (χ2v) is 6.34. The van der Waals surface area contributed by atoms with E-state index in [4.69, 9.17) is 0 Å². The number of para-hydroxylation sites is 1. The van der Waals surface area contributed by atoms with Crippen molar-refractivity contribution in [3.05, 3.63) is 48.3 Å². The Labute approximate surface area is 168 Å². The first-order valence-corrected chi connectivity index (χ1v) is 8.72. The zero-order valence-corrected chi connectivity index (χ0v) is 17.7. The minimum atomic E-state index is 0. The molecule has 5 nitrogen and oxygen atoms in total. The molecule has 0 aliphatic carbocycles. The van der Waals surface area contributed by atoms with Crippen molar-refractivity contribution in [2.45, 2.75) is 33.1 Å². The fourth-order valence-electron chi connectivity index (χ4n) is 2.47. The third kappa shape index (κ3) is 7.90. The molecular formula is C19H30IN5. The summed E-state index contributed by atoms with van der Waals surface area (Å²) in [5, 5.41) is 11.1. The molecule has 0 amide bonds. The Morgan fingerprint density at radius 3 is 2.56 bits per heavy atom. The van der Waals surface area contributed by atoms with Crippen molar-refractivity contribution in [1.82, 2.24) is 20.4 Å². The third-order valence-electron chi connectivity index (χ3n) is 3.84. The molecule has 0 unspecified atom stereocenters. The summed E-state index contributed by atoms with van der Waals surface area (Å²) >= 11 is 0. The van der Waals surface area contributed by atoms with Crippen LogP contribution < -0.4 is 10.6 Å². The second-order valence-electron chi connectivity index (χ2n) is 6.34. The number of nitrogens with one attached hydrogen (secondary N) is 2. The average Bonchev–Trinajstić information content (AvgIpc) is 3.06. The maximum Gasteiger partial charge on any atom is 0.190 e. The maximum absolute atomic E-state index is 4.42. The predicted molar refractivity (Wildman–Crippen MR) is 116 cm³/mol. The molecule has 2 rings (SSSR count). The Bertz CT molecular complexity index is 622. The average molecular weight is 455 g/mol. The summed E-state index contributed by atoms with van der Waals surface area (Å²) in [6, 6.07) is 10.2. The van der Waals surface area contributed by atoms with Crippen LogP contribution in [0.2, 0.25) is 0 Å². The van der Waals surface area contributed by atoms with Gasteiger partial charge in [-0.3, -0.25) is 4.99 Å². The van der Waals surface area contributed by atoms with Crippen molar-refractivity contribution in [1.29, 1.82) is 0 Å². The molecule has 0 aliphatic rings. The zero-order chi connectivity index (χ0) is 17.2. The van der Waals surface area contributed by atoms with Crippen LogP contribution in [-0.4, -0.2) is 35.9 Å². The van der Waals surface area contributed by atoms with E-state index in [0.29, 0.717) is 0 Å². The van der Waals surface area contributed by atoms with E-state index in [2.05, 4.69) is 52.9 Å². The minimum Gasteiger partial charge on any atom is -0.356 e. The number of aromatic nitrogens is 2. The van der Waals surface area contributed by atoms with E-state index in [1.807, 2.05) is 36.1 Å². The molecule has 0 spiro atoms. The van der Waals surface area contributed by atoms with Gasteiger partial charge in [-0.2, -0.15) is 5.10 Å². The molecule has 25 heavy (non-hydrogen) atoms. The van der Waals surface area contributed by atoms with Crippen LogP contribution >= 0.6 is 24.0 Å². The lowest BCUT2D eigenvalue weighted by Gasteiger charge is -2.12. The molecule has 0 bridgehead atoms. The van der Waals surface area contributed by atoms with Crippen molar-refractivity contribution in [3.63, 3.8) is 0 Å². The Kier molecular flexibility index (Phi) is 10.2. The Balaban J connectivity index is 0.00000312. The van der Waals surface area contributed by atoms with Crippen molar-refractivity contribution in [3.8, 4) is 5.69 Å². The summed E-state index contributed by atoms with van der Waals surface area (Å²) in [7, 11) is 1.81. The number of aliphatic imine (C=N–C) groups is 1. The van der Waals surface area contributed by atoms with Crippen molar-refractivity contribution in [2.75, 3.05) is 20.1 Å². The lowest BCUT2D eigenvalue weighted by atomic mass is 10.1. The number of benzene rings is 1. The van der Waals surface area contributed by atoms with Crippen LogP contribution in [0.4, 0.5) is 0 Å². The smallest absolute Gasteiger partial charge is 0.190 e. The molecule has 0 saturated carbocycles. The van der Waals surface area contributed by atoms with E-state index in [-0.39, 0.29) is 24.0 Å². The fourth-order valence-corrected chi connectivity index (χ4v) is 2.47. The number of rotatable bonds is 8. The molecule has 2 N–H and O–H groups in total. The molecule has 1 heterocycles. The van der Waals surface area contributed by atoms with Crippen LogP contribution in [-0.2, 0) is 6.42 Å². The largest absolute Gasteiger partial charge is 0.356 e. The van der Waals surface area contributed by atoms with Crippen molar-refractivity contribution >= 4 is 29.9 Å². The van der Waals surface area contributed by atoms with Gasteiger partial charge in [0.15, 0.2) is 5.96 Å². The van der Waals surface area contributed by atoms with Gasteiger partial charge in [0.1, 0.15) is 0 Å². The summed E-state index contributed by atoms with van der Waals surface area (Å²) < 4.78 is 1.91. The normalized spacial score (nSPS) is 11.3. The van der Waals surface area contributed by atoms with Crippen LogP contribution in [0.1, 0.15) is 32.3 Å². The number of guanidine groups is 1. The monoisotopic (exact) mass is 455 g/mol. The van der Waals surface area contributed by atoms with E-state index >= 15 is 0 Å². The van der Waals surface area contributed by atoms with Crippen molar-refractivity contribution < 1.29 is 0 Å². The lowest BCUT2D eigenvalue weighted by molar-refractivity contribution is 0.549. The summed E-state index contributed by atoms with van der Waals surface area (Å²) in [5.74, 6) is 1.62. The molecule has 0 fully saturated rings. The van der Waals surface area contributed by atoms with Gasteiger partial charge >= 0.3 is 0 Å². The van der Waals surface area contributed by atoms with E-state index in [1.165, 1.54) is 18.4 Å². The van der Waals surface area contributed by atoms with Gasteiger partial charge in [0.25, 0.3) is 0 Å². The first-order chi connectivity index (χ1) is 11.7. The molecule has 0 saturated heterocycles. The van der Waals surface area contributed by atoms with Gasteiger partial charge in [-0.25, -0.2) is 4.68 Å². The van der Waals surface area contributed by atoms with E-state index < -0.39 is 0 Å². The molecule has 1 aromatic heterocycles. The predicted octanol–water partition coefficient (Wildman–Crippen LogP) is 3.63. The fraction of sp³-hybridized carbons (Fsp3) is 0.474. The third-order valence-corrected chi connectivity index (χ3v) is 3.84. The number of nitrogens with zero attached hydrogens (tertiary/aromatic N) is 3. The maximum atomic E-state index is 4.42. The second kappa shape index (κ2) is 11.9. The Morgan fingerprint density at radius 2 is 1.88 bits per heavy atom. The quantitative estimate of drug-likeness (QED) is 0.277. The van der Waals surface area contributed by atoms with Gasteiger partial charge in [-0.05, 0) is 42.9 Å². The summed E-state index contributed by atoms with van der Waals surface area (Å²) in [6.45, 7) is 6.31. The van der Waals surface area contributed by atoms with Crippen LogP contribution in [0.3, 0.4) is 0 Å². The summed E-state index contributed by atoms with van der Waals surface area (Å²) in [6.07, 6.45) is 7.33. The van der Waals surface area contributed by atoms with Crippen LogP contribution in [0, 0.1) is 5.92 Å². The van der Waals surface area contributed by atoms with Gasteiger partial charge in [0, 0.05) is 26.3 Å². The Morgan fingerprint density at radius 1 is 1.16 bits per heavy atom. The lowest BCUT2D eigenvalue weighted by Crippen LogP contribution is -2.38. The summed E-state index contributed by atoms with van der Waals surface area (Å²) in [5.41, 5.74) is 2.29. The standard InChI is InChI=1S/C19H29N5.HI/c1-16(2)8-7-12-21-19(20-3)22-13-11-17-14-23-24(15-17)18-9-5-4-6-10-18;/h4-6,9-10,14-16H,7-8,11-13H2,1-3H3,(H2,20,21,22);1H. The minimum absolute atomic E-state index is 0. The van der Waals surface area contributed by atoms with Gasteiger partial charge < -0.3 is 10.6 Å². The highest BCUT2D eigenvalue weighted by molar-refractivity contribution is 14.0. The highest BCUT2D eigenvalue weighted by Crippen LogP contribution is 2.07. The molecule has 2 aromatic rings. The molecule has 0 radical (unpaired) electrons. The SMILES string of the molecule is CN=C(NCCCC(C)C)NCCc1cnn(-c2ccccc2)c1.I. The number of halogens is 1. The first kappa shape index (κ1) is 21.5. The molecule has 0 atom stereocenters.